The Labute approximate surface area is 69.2 Å². The molecule has 0 N–H and O–H groups in total. The van der Waals surface area contributed by atoms with Crippen LogP contribution in [0.15, 0.2) is 23.6 Å². The first kappa shape index (κ1) is 10.1. The summed E-state index contributed by atoms with van der Waals surface area (Å²) in [7, 11) is 5.68. The zero-order valence-electron chi connectivity index (χ0n) is 8.01. The highest BCUT2D eigenvalue weighted by Crippen LogP contribution is 2.11. The van der Waals surface area contributed by atoms with E-state index in [1.165, 1.54) is 0 Å². The number of nitrogens with zero attached hydrogens (tertiary/aromatic N) is 1. The van der Waals surface area contributed by atoms with Crippen LogP contribution in [0.25, 0.3) is 0 Å². The van der Waals surface area contributed by atoms with Crippen molar-refractivity contribution in [3.63, 3.8) is 0 Å². The Bertz CT molecular complexity index is 168. The lowest BCUT2D eigenvalue weighted by Crippen LogP contribution is -2.13. The minimum absolute atomic E-state index is 0.914. The maximum Gasteiger partial charge on any atom is 0.137 e. The summed E-state index contributed by atoms with van der Waals surface area (Å²) in [5.41, 5.74) is 1.11. The quantitative estimate of drug-likeness (QED) is 0.456. The summed E-state index contributed by atoms with van der Waals surface area (Å²) >= 11 is 0. The van der Waals surface area contributed by atoms with E-state index in [1.54, 1.807) is 7.11 Å². The average Bonchev–Trinajstić information content (AvgIpc) is 1.99. The summed E-state index contributed by atoms with van der Waals surface area (Å²) in [5, 5.41) is 0. The van der Waals surface area contributed by atoms with Crippen molar-refractivity contribution in [3.8, 4) is 0 Å². The van der Waals surface area contributed by atoms with Gasteiger partial charge in [-0.1, -0.05) is 6.08 Å². The van der Waals surface area contributed by atoms with Gasteiger partial charge in [-0.05, 0) is 19.9 Å². The maximum absolute atomic E-state index is 5.16. The highest BCUT2D eigenvalue weighted by molar-refractivity contribution is 5.22. The van der Waals surface area contributed by atoms with E-state index in [2.05, 4.69) is 0 Å². The van der Waals surface area contributed by atoms with Gasteiger partial charge >= 0.3 is 0 Å². The predicted octanol–water partition coefficient (Wildman–Crippen LogP) is 2.00. The van der Waals surface area contributed by atoms with E-state index in [1.807, 2.05) is 45.0 Å². The molecule has 0 aromatic carbocycles. The minimum atomic E-state index is 0.914. The van der Waals surface area contributed by atoms with E-state index < -0.39 is 0 Å². The summed E-state index contributed by atoms with van der Waals surface area (Å²) in [6, 6.07) is 0. The number of hydrogen-bond donors (Lipinski definition) is 0. The predicted molar refractivity (Wildman–Crippen MR) is 48.2 cm³/mol. The van der Waals surface area contributed by atoms with Crippen LogP contribution in [0, 0.1) is 0 Å². The molecule has 0 spiro atoms. The van der Waals surface area contributed by atoms with E-state index in [0.717, 1.165) is 11.5 Å². The van der Waals surface area contributed by atoms with E-state index in [9.17, 15) is 0 Å². The van der Waals surface area contributed by atoms with Gasteiger partial charge in [0.25, 0.3) is 0 Å². The number of hydrogen-bond acceptors (Lipinski definition) is 2. The normalized spacial score (nSPS) is 13.2. The Morgan fingerprint density at radius 2 is 1.73 bits per heavy atom. The molecular weight excluding hydrogens is 138 g/mol. The Balaban J connectivity index is 4.51. The van der Waals surface area contributed by atoms with Crippen molar-refractivity contribution in [2.75, 3.05) is 21.2 Å². The second kappa shape index (κ2) is 4.83. The van der Waals surface area contributed by atoms with Crippen molar-refractivity contribution in [1.82, 2.24) is 4.90 Å². The molecule has 0 aliphatic heterocycles. The Morgan fingerprint density at radius 1 is 1.18 bits per heavy atom. The molecule has 0 saturated carbocycles. The highest BCUT2D eigenvalue weighted by atomic mass is 16.5. The van der Waals surface area contributed by atoms with Crippen molar-refractivity contribution in [2.45, 2.75) is 13.8 Å². The zero-order chi connectivity index (χ0) is 8.85. The van der Waals surface area contributed by atoms with E-state index in [0.29, 0.717) is 0 Å². The summed E-state index contributed by atoms with van der Waals surface area (Å²) in [5.74, 6) is 0.914. The van der Waals surface area contributed by atoms with Gasteiger partial charge in [-0.2, -0.15) is 0 Å². The third-order valence-electron chi connectivity index (χ3n) is 1.49. The van der Waals surface area contributed by atoms with Gasteiger partial charge in [-0.25, -0.2) is 0 Å². The molecule has 0 aromatic rings. The summed E-state index contributed by atoms with van der Waals surface area (Å²) in [4.78, 5) is 2.03. The molecule has 0 atom stereocenters. The fraction of sp³-hybridized carbons (Fsp3) is 0.556. The molecule has 0 heterocycles. The number of allylic oxidation sites excluding steroid dienone is 2. The van der Waals surface area contributed by atoms with Crippen LogP contribution >= 0.6 is 0 Å². The van der Waals surface area contributed by atoms with Crippen LogP contribution in [-0.4, -0.2) is 26.1 Å². The Morgan fingerprint density at radius 3 is 1.82 bits per heavy atom. The van der Waals surface area contributed by atoms with Gasteiger partial charge in [0.05, 0.1) is 12.8 Å². The molecule has 0 amide bonds. The van der Waals surface area contributed by atoms with Gasteiger partial charge in [-0.3, -0.25) is 0 Å². The fourth-order valence-corrected chi connectivity index (χ4v) is 0.991. The van der Waals surface area contributed by atoms with Gasteiger partial charge in [0, 0.05) is 14.1 Å². The van der Waals surface area contributed by atoms with Crippen molar-refractivity contribution >= 4 is 0 Å². The van der Waals surface area contributed by atoms with Gasteiger partial charge in [0.2, 0.25) is 0 Å². The van der Waals surface area contributed by atoms with Crippen LogP contribution in [0.2, 0.25) is 0 Å². The van der Waals surface area contributed by atoms with E-state index >= 15 is 0 Å². The van der Waals surface area contributed by atoms with Crippen molar-refractivity contribution in [2.24, 2.45) is 0 Å². The molecular formula is C9H17NO. The molecule has 2 heteroatoms. The van der Waals surface area contributed by atoms with E-state index in [-0.39, 0.29) is 0 Å². The number of methoxy groups -OCH3 is 1. The van der Waals surface area contributed by atoms with Crippen molar-refractivity contribution in [1.29, 1.82) is 0 Å². The van der Waals surface area contributed by atoms with Gasteiger partial charge in [0.15, 0.2) is 0 Å². The third kappa shape index (κ3) is 2.66. The minimum Gasteiger partial charge on any atom is -0.495 e. The molecule has 0 aliphatic rings. The van der Waals surface area contributed by atoms with Crippen molar-refractivity contribution < 1.29 is 4.74 Å². The number of rotatable bonds is 3. The van der Waals surface area contributed by atoms with Crippen LogP contribution in [0.1, 0.15) is 13.8 Å². The number of likely N-dealkylation sites (N-methyl/N-ethyl adjacent to an activating group) is 1. The van der Waals surface area contributed by atoms with Gasteiger partial charge in [-0.15, -0.1) is 0 Å². The van der Waals surface area contributed by atoms with Crippen LogP contribution < -0.4 is 0 Å². The topological polar surface area (TPSA) is 12.5 Å². The lowest BCUT2D eigenvalue weighted by molar-refractivity contribution is 0.278. The van der Waals surface area contributed by atoms with Crippen LogP contribution in [0.3, 0.4) is 0 Å². The molecule has 0 radical (unpaired) electrons. The molecule has 0 fully saturated rings. The smallest absolute Gasteiger partial charge is 0.137 e. The first-order valence-corrected chi connectivity index (χ1v) is 3.71. The molecule has 0 bridgehead atoms. The Kier molecular flexibility index (Phi) is 4.42. The highest BCUT2D eigenvalue weighted by Gasteiger charge is 2.03. The summed E-state index contributed by atoms with van der Waals surface area (Å²) < 4.78 is 5.16. The number of ether oxygens (including phenoxy) is 1. The molecule has 64 valence electrons. The van der Waals surface area contributed by atoms with E-state index in [4.69, 9.17) is 4.74 Å². The lowest BCUT2D eigenvalue weighted by Gasteiger charge is -2.18. The summed E-state index contributed by atoms with van der Waals surface area (Å²) in [6.07, 6.45) is 3.98. The lowest BCUT2D eigenvalue weighted by atomic mass is 10.3. The molecule has 2 nitrogen and oxygen atoms in total. The first-order chi connectivity index (χ1) is 5.17. The zero-order valence-corrected chi connectivity index (χ0v) is 8.01. The standard InChI is InChI=1S/C9H17NO/c1-6-8(10(3)4)9(7-2)11-5/h6-7H,1-5H3/b8-6+,9-7+. The third-order valence-corrected chi connectivity index (χ3v) is 1.49. The van der Waals surface area contributed by atoms with Crippen molar-refractivity contribution in [3.05, 3.63) is 23.6 Å². The fourth-order valence-electron chi connectivity index (χ4n) is 0.991. The summed E-state index contributed by atoms with van der Waals surface area (Å²) in [6.45, 7) is 3.96. The SMILES string of the molecule is C/C=C(OC)\C(=C/C)N(C)C. The maximum atomic E-state index is 5.16. The largest absolute Gasteiger partial charge is 0.495 e. The van der Waals surface area contributed by atoms with Crippen LogP contribution in [0.5, 0.6) is 0 Å². The second-order valence-corrected chi connectivity index (χ2v) is 2.43. The first-order valence-electron chi connectivity index (χ1n) is 3.71. The average molecular weight is 155 g/mol. The van der Waals surface area contributed by atoms with Gasteiger partial charge in [0.1, 0.15) is 5.76 Å². The molecule has 0 unspecified atom stereocenters. The van der Waals surface area contributed by atoms with Crippen LogP contribution in [-0.2, 0) is 4.74 Å². The molecule has 0 rings (SSSR count). The molecule has 11 heavy (non-hydrogen) atoms. The monoisotopic (exact) mass is 155 g/mol. The molecule has 0 aromatic heterocycles. The van der Waals surface area contributed by atoms with Gasteiger partial charge < -0.3 is 9.64 Å². The van der Waals surface area contributed by atoms with Crippen LogP contribution in [0.4, 0.5) is 0 Å². The second-order valence-electron chi connectivity index (χ2n) is 2.43. The molecule has 0 saturated heterocycles. The Hall–Kier alpha value is -0.920. The molecule has 0 aliphatic carbocycles.